The highest BCUT2D eigenvalue weighted by molar-refractivity contribution is 5.97. The van der Waals surface area contributed by atoms with Crippen molar-refractivity contribution < 1.29 is 9.59 Å². The van der Waals surface area contributed by atoms with E-state index in [1.54, 1.807) is 11.8 Å². The third-order valence-corrected chi connectivity index (χ3v) is 3.75. The molecule has 0 aromatic rings. The van der Waals surface area contributed by atoms with E-state index >= 15 is 0 Å². The molecule has 0 aromatic carbocycles. The average Bonchev–Trinajstić information content (AvgIpc) is 2.22. The molecular formula is C14H26N2O2. The Hall–Kier alpha value is -1.06. The molecule has 1 N–H and O–H groups in total. The molecule has 1 fully saturated rings. The summed E-state index contributed by atoms with van der Waals surface area (Å²) in [5.74, 6) is 0.127. The Morgan fingerprint density at radius 2 is 1.89 bits per heavy atom. The van der Waals surface area contributed by atoms with Gasteiger partial charge in [-0.3, -0.25) is 9.59 Å². The van der Waals surface area contributed by atoms with Crippen molar-refractivity contribution in [2.75, 3.05) is 0 Å². The third-order valence-electron chi connectivity index (χ3n) is 3.75. The number of hydrogen-bond acceptors (Lipinski definition) is 2. The van der Waals surface area contributed by atoms with Gasteiger partial charge in [0.05, 0.1) is 0 Å². The zero-order valence-electron chi connectivity index (χ0n) is 12.4. The molecule has 4 heteroatoms. The van der Waals surface area contributed by atoms with Crippen LogP contribution in [0, 0.1) is 5.92 Å². The topological polar surface area (TPSA) is 49.4 Å². The van der Waals surface area contributed by atoms with Crippen LogP contribution < -0.4 is 5.32 Å². The quantitative estimate of drug-likeness (QED) is 0.833. The van der Waals surface area contributed by atoms with Gasteiger partial charge in [0, 0.05) is 5.54 Å². The first-order valence-electron chi connectivity index (χ1n) is 6.86. The second-order valence-corrected chi connectivity index (χ2v) is 6.18. The Bertz CT molecular complexity index is 337. The molecule has 2 atom stereocenters. The molecule has 0 aliphatic carbocycles. The molecule has 1 rings (SSSR count). The van der Waals surface area contributed by atoms with Gasteiger partial charge in [-0.05, 0) is 33.1 Å². The van der Waals surface area contributed by atoms with E-state index in [4.69, 9.17) is 0 Å². The van der Waals surface area contributed by atoms with Gasteiger partial charge in [-0.2, -0.15) is 0 Å². The Kier molecular flexibility index (Phi) is 4.41. The van der Waals surface area contributed by atoms with Gasteiger partial charge < -0.3 is 10.2 Å². The maximum absolute atomic E-state index is 12.6. The molecule has 0 spiro atoms. The van der Waals surface area contributed by atoms with E-state index in [9.17, 15) is 9.59 Å². The van der Waals surface area contributed by atoms with Gasteiger partial charge in [-0.15, -0.1) is 0 Å². The number of nitrogens with zero attached hydrogens (tertiary/aromatic N) is 1. The standard InChI is InChI=1S/C14H26N2O2/c1-7-8-14(5,6)16-10(4)12(17)15-11(9(2)3)13(16)18/h9-11H,7-8H2,1-6H3,(H,15,17). The molecule has 4 nitrogen and oxygen atoms in total. The first-order chi connectivity index (χ1) is 8.22. The van der Waals surface area contributed by atoms with Crippen LogP contribution in [0.3, 0.4) is 0 Å². The molecule has 0 radical (unpaired) electrons. The second-order valence-electron chi connectivity index (χ2n) is 6.18. The lowest BCUT2D eigenvalue weighted by Crippen LogP contribution is -2.68. The molecule has 18 heavy (non-hydrogen) atoms. The predicted molar refractivity (Wildman–Crippen MR) is 72.1 cm³/mol. The molecule has 2 amide bonds. The summed E-state index contributed by atoms with van der Waals surface area (Å²) in [6.45, 7) is 11.9. The van der Waals surface area contributed by atoms with Crippen molar-refractivity contribution in [3.63, 3.8) is 0 Å². The maximum atomic E-state index is 12.6. The highest BCUT2D eigenvalue weighted by atomic mass is 16.2. The van der Waals surface area contributed by atoms with Gasteiger partial charge in [-0.25, -0.2) is 0 Å². The van der Waals surface area contributed by atoms with E-state index in [1.165, 1.54) is 0 Å². The van der Waals surface area contributed by atoms with Crippen molar-refractivity contribution >= 4 is 11.8 Å². The van der Waals surface area contributed by atoms with E-state index in [0.29, 0.717) is 0 Å². The summed E-state index contributed by atoms with van der Waals surface area (Å²) >= 11 is 0. The summed E-state index contributed by atoms with van der Waals surface area (Å²) in [7, 11) is 0. The minimum atomic E-state index is -0.384. The Balaban J connectivity index is 3.06. The zero-order valence-corrected chi connectivity index (χ0v) is 12.4. The third kappa shape index (κ3) is 2.68. The normalized spacial score (nSPS) is 25.6. The van der Waals surface area contributed by atoms with E-state index in [0.717, 1.165) is 12.8 Å². The van der Waals surface area contributed by atoms with Gasteiger partial charge in [0.2, 0.25) is 11.8 Å². The summed E-state index contributed by atoms with van der Waals surface area (Å²) in [4.78, 5) is 26.3. The van der Waals surface area contributed by atoms with E-state index in [1.807, 2.05) is 27.7 Å². The summed E-state index contributed by atoms with van der Waals surface area (Å²) in [5.41, 5.74) is -0.268. The van der Waals surface area contributed by atoms with Gasteiger partial charge in [0.15, 0.2) is 0 Å². The Labute approximate surface area is 110 Å². The lowest BCUT2D eigenvalue weighted by molar-refractivity contribution is -0.156. The number of nitrogens with one attached hydrogen (secondary N) is 1. The highest BCUT2D eigenvalue weighted by Gasteiger charge is 2.45. The largest absolute Gasteiger partial charge is 0.342 e. The monoisotopic (exact) mass is 254 g/mol. The van der Waals surface area contributed by atoms with Crippen LogP contribution in [0.15, 0.2) is 0 Å². The minimum Gasteiger partial charge on any atom is -0.342 e. The zero-order chi connectivity index (χ0) is 14.1. The lowest BCUT2D eigenvalue weighted by atomic mass is 9.89. The van der Waals surface area contributed by atoms with Crippen LogP contribution in [0.4, 0.5) is 0 Å². The van der Waals surface area contributed by atoms with Crippen LogP contribution in [-0.2, 0) is 9.59 Å². The number of amides is 2. The van der Waals surface area contributed by atoms with Gasteiger partial charge in [0.25, 0.3) is 0 Å². The van der Waals surface area contributed by atoms with E-state index in [-0.39, 0.29) is 35.4 Å². The number of carbonyl (C=O) groups excluding carboxylic acids is 2. The molecule has 1 heterocycles. The number of piperazine rings is 1. The SMILES string of the molecule is CCCC(C)(C)N1C(=O)C(C(C)C)NC(=O)C1C. The van der Waals surface area contributed by atoms with Crippen LogP contribution in [0.25, 0.3) is 0 Å². The molecule has 104 valence electrons. The fourth-order valence-corrected chi connectivity index (χ4v) is 2.80. The number of hydrogen-bond donors (Lipinski definition) is 1. The van der Waals surface area contributed by atoms with Crippen LogP contribution in [0.2, 0.25) is 0 Å². The number of rotatable bonds is 4. The molecule has 0 aromatic heterocycles. The summed E-state index contributed by atoms with van der Waals surface area (Å²) < 4.78 is 0. The predicted octanol–water partition coefficient (Wildman–Crippen LogP) is 1.94. The number of carbonyl (C=O) groups is 2. The summed E-state index contributed by atoms with van der Waals surface area (Å²) in [6, 6.07) is -0.765. The first-order valence-corrected chi connectivity index (χ1v) is 6.86. The van der Waals surface area contributed by atoms with Crippen LogP contribution in [0.1, 0.15) is 54.4 Å². The van der Waals surface area contributed by atoms with Crippen molar-refractivity contribution in [2.24, 2.45) is 5.92 Å². The molecule has 1 aliphatic heterocycles. The maximum Gasteiger partial charge on any atom is 0.246 e. The second kappa shape index (κ2) is 5.29. The molecular weight excluding hydrogens is 228 g/mol. The van der Waals surface area contributed by atoms with Crippen molar-refractivity contribution in [1.82, 2.24) is 10.2 Å². The molecule has 0 saturated carbocycles. The van der Waals surface area contributed by atoms with E-state index < -0.39 is 0 Å². The van der Waals surface area contributed by atoms with E-state index in [2.05, 4.69) is 12.2 Å². The Morgan fingerprint density at radius 1 is 1.33 bits per heavy atom. The molecule has 1 aliphatic rings. The molecule has 2 unspecified atom stereocenters. The van der Waals surface area contributed by atoms with Crippen LogP contribution in [0.5, 0.6) is 0 Å². The summed E-state index contributed by atoms with van der Waals surface area (Å²) in [5, 5.41) is 2.83. The van der Waals surface area contributed by atoms with Gasteiger partial charge >= 0.3 is 0 Å². The van der Waals surface area contributed by atoms with Gasteiger partial charge in [-0.1, -0.05) is 27.2 Å². The smallest absolute Gasteiger partial charge is 0.246 e. The first kappa shape index (κ1) is 15.0. The van der Waals surface area contributed by atoms with Crippen molar-refractivity contribution in [3.8, 4) is 0 Å². The lowest BCUT2D eigenvalue weighted by Gasteiger charge is -2.47. The van der Waals surface area contributed by atoms with Crippen molar-refractivity contribution in [1.29, 1.82) is 0 Å². The highest BCUT2D eigenvalue weighted by Crippen LogP contribution is 2.28. The fraction of sp³-hybridized carbons (Fsp3) is 0.857. The Morgan fingerprint density at radius 3 is 2.33 bits per heavy atom. The minimum absolute atomic E-state index is 0.0440. The fourth-order valence-electron chi connectivity index (χ4n) is 2.80. The van der Waals surface area contributed by atoms with Crippen molar-refractivity contribution in [3.05, 3.63) is 0 Å². The van der Waals surface area contributed by atoms with Crippen molar-refractivity contribution in [2.45, 2.75) is 72.0 Å². The summed E-state index contributed by atoms with van der Waals surface area (Å²) in [6.07, 6.45) is 1.90. The van der Waals surface area contributed by atoms with Crippen LogP contribution >= 0.6 is 0 Å². The van der Waals surface area contributed by atoms with Gasteiger partial charge in [0.1, 0.15) is 12.1 Å². The van der Waals surface area contributed by atoms with Crippen LogP contribution in [-0.4, -0.2) is 34.3 Å². The molecule has 0 bridgehead atoms. The molecule has 1 saturated heterocycles. The average molecular weight is 254 g/mol.